The first-order chi connectivity index (χ1) is 11.4. The summed E-state index contributed by atoms with van der Waals surface area (Å²) in [5, 5.41) is 0. The Morgan fingerprint density at radius 1 is 1.08 bits per heavy atom. The molecule has 0 radical (unpaired) electrons. The molecule has 10 saturated heterocycles. The molecule has 8 atom stereocenters. The van der Waals surface area contributed by atoms with Crippen LogP contribution in [0.1, 0.15) is 22.8 Å². The van der Waals surface area contributed by atoms with Crippen LogP contribution in [0.3, 0.4) is 0 Å². The van der Waals surface area contributed by atoms with E-state index in [0.717, 1.165) is 38.5 Å². The molecule has 0 aromatic heterocycles. The van der Waals surface area contributed by atoms with Gasteiger partial charge in [-0.2, -0.15) is 0 Å². The standard InChI is InChI=1S/C14H13O2.C6H5O.Fe/c1-2-16-14(15)13-9-7-12(8-10-13)11-5-3-4-6-11;7-5-6-3-1-2-4-6;/h3-10H,2H2,1H3;1-5H;. The van der Waals surface area contributed by atoms with Crippen molar-refractivity contribution < 1.29 is 20.8 Å². The molecule has 124 valence electrons. The molecular formula is C20H18FeO3. The number of aldehydes is 1. The Morgan fingerprint density at radius 2 is 1.67 bits per heavy atom. The van der Waals surface area contributed by atoms with E-state index in [-0.39, 0.29) is 5.97 Å². The molecule has 10 heterocycles. The van der Waals surface area contributed by atoms with Gasteiger partial charge in [-0.05, 0) is 0 Å². The summed E-state index contributed by atoms with van der Waals surface area (Å²) in [5.41, 5.74) is 2.22. The minimum atomic E-state index is -3.60. The van der Waals surface area contributed by atoms with Gasteiger partial charge in [0.25, 0.3) is 0 Å². The first-order valence-corrected chi connectivity index (χ1v) is 15.6. The van der Waals surface area contributed by atoms with E-state index in [1.165, 1.54) is 6.29 Å². The van der Waals surface area contributed by atoms with Crippen molar-refractivity contribution in [1.29, 1.82) is 0 Å². The van der Waals surface area contributed by atoms with Crippen molar-refractivity contribution in [2.45, 2.75) is 54.1 Å². The number of rotatable bonds is 4. The van der Waals surface area contributed by atoms with Gasteiger partial charge in [-0.25, -0.2) is 0 Å². The van der Waals surface area contributed by atoms with Crippen LogP contribution in [0, 0.1) is 0 Å². The van der Waals surface area contributed by atoms with E-state index in [9.17, 15) is 9.59 Å². The predicted octanol–water partition coefficient (Wildman–Crippen LogP) is 4.23. The number of carbonyl (C=O) groups excluding carboxylic acids is 2. The fourth-order valence-corrected chi connectivity index (χ4v) is 94.3. The molecule has 1 aromatic rings. The third-order valence-electron chi connectivity index (χ3n) is 16.9. The van der Waals surface area contributed by atoms with Crippen molar-refractivity contribution in [2.24, 2.45) is 0 Å². The second-order valence-corrected chi connectivity index (χ2v) is 35.5. The Kier molecular flexibility index (Phi) is 0.438. The molecule has 24 heavy (non-hydrogen) atoms. The number of carbonyl (C=O) groups is 2. The van der Waals surface area contributed by atoms with E-state index >= 15 is 0 Å². The molecule has 10 fully saturated rings. The van der Waals surface area contributed by atoms with Gasteiger partial charge in [0.05, 0.1) is 0 Å². The van der Waals surface area contributed by atoms with Gasteiger partial charge < -0.3 is 0 Å². The molecule has 0 aliphatic carbocycles. The van der Waals surface area contributed by atoms with Crippen LogP contribution < -0.4 is 0 Å². The van der Waals surface area contributed by atoms with Crippen LogP contribution in [0.4, 0.5) is 0 Å². The van der Waals surface area contributed by atoms with Gasteiger partial charge in [0.2, 0.25) is 0 Å². The molecule has 1 aromatic carbocycles. The van der Waals surface area contributed by atoms with Crippen LogP contribution >= 0.6 is 0 Å². The number of esters is 1. The van der Waals surface area contributed by atoms with Gasteiger partial charge in [-0.3, -0.25) is 0 Å². The number of fused-ring (bicyclic) bond motifs is 10. The van der Waals surface area contributed by atoms with Crippen LogP contribution in [0.2, 0.25) is 42.8 Å². The van der Waals surface area contributed by atoms with Crippen LogP contribution in [0.5, 0.6) is 0 Å². The summed E-state index contributed by atoms with van der Waals surface area (Å²) in [5.74, 6) is -0.210. The molecule has 10 aliphatic rings. The first kappa shape index (κ1) is 10.1. The van der Waals surface area contributed by atoms with Crippen LogP contribution in [-0.2, 0) is 20.4 Å². The van der Waals surface area contributed by atoms with E-state index in [1.54, 1.807) is 5.56 Å². The van der Waals surface area contributed by atoms with Crippen LogP contribution in [0.25, 0.3) is 0 Å². The Balaban J connectivity index is 1.24. The van der Waals surface area contributed by atoms with E-state index in [2.05, 4.69) is 12.1 Å². The molecule has 3 nitrogen and oxygen atoms in total. The van der Waals surface area contributed by atoms with E-state index < -0.39 is 6.51 Å². The van der Waals surface area contributed by atoms with Crippen molar-refractivity contribution in [1.82, 2.24) is 0 Å². The quantitative estimate of drug-likeness (QED) is 0.457. The molecule has 1 spiro atoms. The summed E-state index contributed by atoms with van der Waals surface area (Å²) >= 11 is 0. The van der Waals surface area contributed by atoms with Crippen molar-refractivity contribution in [3.8, 4) is 0 Å². The number of ether oxygens (including phenoxy) is 1. The molecule has 8 unspecified atom stereocenters. The van der Waals surface area contributed by atoms with Gasteiger partial charge in [0.1, 0.15) is 0 Å². The molecule has 0 saturated carbocycles. The topological polar surface area (TPSA) is 43.4 Å². The molecule has 0 amide bonds. The second kappa shape index (κ2) is 1.04. The Hall–Kier alpha value is -1.12. The number of benzene rings is 1. The molecule has 0 N–H and O–H groups in total. The van der Waals surface area contributed by atoms with Gasteiger partial charge in [0.15, 0.2) is 0 Å². The van der Waals surface area contributed by atoms with Crippen molar-refractivity contribution in [3.63, 3.8) is 0 Å². The Bertz CT molecular complexity index is 1400. The number of hydrogen-bond acceptors (Lipinski definition) is 3. The summed E-state index contributed by atoms with van der Waals surface area (Å²) in [6, 6.07) is 8.50. The summed E-state index contributed by atoms with van der Waals surface area (Å²) in [4.78, 5) is 32.8. The predicted molar refractivity (Wildman–Crippen MR) is 82.8 cm³/mol. The van der Waals surface area contributed by atoms with Crippen molar-refractivity contribution in [2.75, 3.05) is 6.61 Å². The van der Waals surface area contributed by atoms with Gasteiger partial charge in [-0.1, -0.05) is 0 Å². The third kappa shape index (κ3) is 0.131. The van der Waals surface area contributed by atoms with E-state index in [4.69, 9.17) is 4.74 Å². The normalized spacial score (nSPS) is 90.4. The summed E-state index contributed by atoms with van der Waals surface area (Å²) in [7, 11) is 0. The van der Waals surface area contributed by atoms with Crippen LogP contribution in [-0.4, -0.2) is 18.9 Å². The summed E-state index contributed by atoms with van der Waals surface area (Å²) < 4.78 is 5.99. The van der Waals surface area contributed by atoms with E-state index in [1.807, 2.05) is 19.1 Å². The zero-order valence-electron chi connectivity index (χ0n) is 13.3. The maximum atomic E-state index is 12.3. The number of hydrogen-bond donors (Lipinski definition) is 0. The summed E-state index contributed by atoms with van der Waals surface area (Å²) in [6.45, 7) is -1.33. The molecule has 0 bridgehead atoms. The zero-order chi connectivity index (χ0) is 15.6. The Morgan fingerprint density at radius 3 is 2.08 bits per heavy atom. The maximum absolute atomic E-state index is 12.3. The fraction of sp³-hybridized carbons (Fsp3) is 0.600. The molecule has 10 aliphatic heterocycles. The van der Waals surface area contributed by atoms with E-state index in [0.29, 0.717) is 20.8 Å². The zero-order valence-corrected chi connectivity index (χ0v) is 14.4. The molecule has 11 rings (SSSR count). The van der Waals surface area contributed by atoms with Crippen molar-refractivity contribution in [3.05, 3.63) is 35.4 Å². The Labute approximate surface area is 129 Å². The third-order valence-corrected chi connectivity index (χ3v) is 59.8. The van der Waals surface area contributed by atoms with Gasteiger partial charge in [-0.15, -0.1) is 0 Å². The monoisotopic (exact) mass is 362 g/mol. The molecule has 4 heteroatoms. The average Bonchev–Trinajstić information content (AvgIpc) is 3.55. The van der Waals surface area contributed by atoms with Gasteiger partial charge >= 0.3 is 129 Å². The van der Waals surface area contributed by atoms with Crippen molar-refractivity contribution >= 4 is 12.3 Å². The minimum absolute atomic E-state index is 0.210. The second-order valence-electron chi connectivity index (χ2n) is 12.2. The summed E-state index contributed by atoms with van der Waals surface area (Å²) in [6.07, 6.45) is 1.53. The fourth-order valence-electron chi connectivity index (χ4n) is 18.9. The molecular weight excluding hydrogens is 344 g/mol. The SMILES string of the molecule is CCOC(=O)c1ccc([C]23[CH]4[CH]5[CH]6[CH]2[Fe]56432789[CH]3[CH]2[CH]7[C]8(C=O)[CH]39)cc1. The van der Waals surface area contributed by atoms with Gasteiger partial charge in [0, 0.05) is 0 Å². The van der Waals surface area contributed by atoms with Crippen LogP contribution in [0.15, 0.2) is 24.3 Å². The first-order valence-electron chi connectivity index (χ1n) is 9.39. The average molecular weight is 362 g/mol.